The second kappa shape index (κ2) is 13.4. The molecular weight excluding hydrogens is 448 g/mol. The standard InChI is InChI=1S/C30H36N4O2/c1-35-28-19-18-24(20-29(28)36-27-14-8-9-15-27)25(17-16-23-10-4-2-5-11-23)21-32-30(33-22-31)34-26-12-6-3-7-13-26/h2,4-5,10-11,18-20,25-27H,3,6-9,12-15,21H2,1H3,(H2,32,33,34). The number of nitrogens with one attached hydrogen (secondary N) is 2. The maximum absolute atomic E-state index is 9.29. The zero-order chi connectivity index (χ0) is 25.0. The summed E-state index contributed by atoms with van der Waals surface area (Å²) >= 11 is 0. The Morgan fingerprint density at radius 1 is 1.00 bits per heavy atom. The third kappa shape index (κ3) is 7.43. The average Bonchev–Trinajstić information content (AvgIpc) is 3.43. The van der Waals surface area contributed by atoms with Crippen LogP contribution in [-0.2, 0) is 0 Å². The minimum Gasteiger partial charge on any atom is -0.493 e. The lowest BCUT2D eigenvalue weighted by Crippen LogP contribution is -2.42. The minimum atomic E-state index is -0.175. The Kier molecular flexibility index (Phi) is 9.51. The summed E-state index contributed by atoms with van der Waals surface area (Å²) < 4.78 is 11.9. The number of hydrogen-bond acceptors (Lipinski definition) is 4. The van der Waals surface area contributed by atoms with Crippen molar-refractivity contribution in [2.24, 2.45) is 4.99 Å². The van der Waals surface area contributed by atoms with Crippen molar-refractivity contribution in [2.45, 2.75) is 75.9 Å². The SMILES string of the molecule is COc1ccc(C(C#Cc2ccccc2)CN=C(NC#N)NC2CCCCC2)cc1OC1CCCC1. The number of rotatable bonds is 7. The number of hydrogen-bond donors (Lipinski definition) is 2. The van der Waals surface area contributed by atoms with Crippen molar-refractivity contribution in [3.63, 3.8) is 0 Å². The van der Waals surface area contributed by atoms with E-state index in [1.165, 1.54) is 32.1 Å². The van der Waals surface area contributed by atoms with Crippen molar-refractivity contribution in [3.05, 3.63) is 59.7 Å². The molecule has 0 aromatic heterocycles. The van der Waals surface area contributed by atoms with Gasteiger partial charge in [0.15, 0.2) is 17.7 Å². The Hall–Kier alpha value is -3.64. The molecule has 0 spiro atoms. The van der Waals surface area contributed by atoms with Gasteiger partial charge < -0.3 is 14.8 Å². The average molecular weight is 485 g/mol. The van der Waals surface area contributed by atoms with Gasteiger partial charge in [0.2, 0.25) is 5.96 Å². The van der Waals surface area contributed by atoms with E-state index in [0.29, 0.717) is 18.5 Å². The summed E-state index contributed by atoms with van der Waals surface area (Å²) in [5.41, 5.74) is 1.98. The summed E-state index contributed by atoms with van der Waals surface area (Å²) in [4.78, 5) is 4.77. The first-order chi connectivity index (χ1) is 17.7. The molecule has 2 saturated carbocycles. The van der Waals surface area contributed by atoms with E-state index in [4.69, 9.17) is 14.5 Å². The van der Waals surface area contributed by atoms with Gasteiger partial charge in [0, 0.05) is 11.6 Å². The molecule has 2 aromatic carbocycles. The van der Waals surface area contributed by atoms with Crippen molar-refractivity contribution in [1.29, 1.82) is 5.26 Å². The van der Waals surface area contributed by atoms with Gasteiger partial charge in [-0.3, -0.25) is 10.3 Å². The molecular formula is C30H36N4O2. The van der Waals surface area contributed by atoms with Crippen LogP contribution in [-0.4, -0.2) is 31.8 Å². The van der Waals surface area contributed by atoms with Crippen LogP contribution in [0.25, 0.3) is 0 Å². The van der Waals surface area contributed by atoms with Gasteiger partial charge in [0.05, 0.1) is 25.7 Å². The van der Waals surface area contributed by atoms with E-state index in [2.05, 4.69) is 22.5 Å². The van der Waals surface area contributed by atoms with Crippen molar-refractivity contribution in [1.82, 2.24) is 10.6 Å². The van der Waals surface area contributed by atoms with Gasteiger partial charge in [0.25, 0.3) is 0 Å². The van der Waals surface area contributed by atoms with Crippen LogP contribution < -0.4 is 20.1 Å². The molecule has 2 aliphatic rings. The molecule has 2 fully saturated rings. The van der Waals surface area contributed by atoms with Crippen molar-refractivity contribution < 1.29 is 9.47 Å². The van der Waals surface area contributed by atoms with Crippen LogP contribution in [0, 0.1) is 23.3 Å². The van der Waals surface area contributed by atoms with E-state index in [9.17, 15) is 5.26 Å². The highest BCUT2D eigenvalue weighted by molar-refractivity contribution is 5.81. The Bertz CT molecular complexity index is 1100. The summed E-state index contributed by atoms with van der Waals surface area (Å²) in [5, 5.41) is 15.5. The first-order valence-corrected chi connectivity index (χ1v) is 13.1. The Morgan fingerprint density at radius 3 is 2.47 bits per heavy atom. The number of aliphatic imine (C=N–C) groups is 1. The smallest absolute Gasteiger partial charge is 0.204 e. The summed E-state index contributed by atoms with van der Waals surface area (Å²) in [5.74, 6) is 8.56. The summed E-state index contributed by atoms with van der Waals surface area (Å²) in [6.45, 7) is 0.415. The molecule has 0 amide bonds. The summed E-state index contributed by atoms with van der Waals surface area (Å²) in [6.07, 6.45) is 12.7. The highest BCUT2D eigenvalue weighted by Gasteiger charge is 2.20. The first-order valence-electron chi connectivity index (χ1n) is 13.1. The van der Waals surface area contributed by atoms with E-state index in [1.807, 2.05) is 54.7 Å². The molecule has 0 heterocycles. The quantitative estimate of drug-likeness (QED) is 0.178. The number of guanidine groups is 1. The zero-order valence-electron chi connectivity index (χ0n) is 21.1. The normalized spacial score (nSPS) is 17.4. The second-order valence-corrected chi connectivity index (χ2v) is 9.53. The van der Waals surface area contributed by atoms with Crippen LogP contribution in [0.2, 0.25) is 0 Å². The summed E-state index contributed by atoms with van der Waals surface area (Å²) in [6, 6.07) is 16.3. The van der Waals surface area contributed by atoms with Crippen molar-refractivity contribution in [3.8, 4) is 29.5 Å². The van der Waals surface area contributed by atoms with Gasteiger partial charge in [-0.15, -0.1) is 0 Å². The van der Waals surface area contributed by atoms with Crippen LogP contribution >= 0.6 is 0 Å². The molecule has 1 atom stereocenters. The lowest BCUT2D eigenvalue weighted by atomic mass is 9.96. The number of nitriles is 1. The molecule has 2 N–H and O–H groups in total. The third-order valence-electron chi connectivity index (χ3n) is 6.90. The van der Waals surface area contributed by atoms with E-state index in [-0.39, 0.29) is 12.0 Å². The summed E-state index contributed by atoms with van der Waals surface area (Å²) in [7, 11) is 1.67. The topological polar surface area (TPSA) is 78.7 Å². The molecule has 188 valence electrons. The maximum Gasteiger partial charge on any atom is 0.204 e. The molecule has 0 radical (unpaired) electrons. The van der Waals surface area contributed by atoms with E-state index < -0.39 is 0 Å². The zero-order valence-corrected chi connectivity index (χ0v) is 21.1. The third-order valence-corrected chi connectivity index (χ3v) is 6.90. The second-order valence-electron chi connectivity index (χ2n) is 9.53. The largest absolute Gasteiger partial charge is 0.493 e. The van der Waals surface area contributed by atoms with E-state index in [0.717, 1.165) is 48.3 Å². The highest BCUT2D eigenvalue weighted by Crippen LogP contribution is 2.34. The molecule has 4 rings (SSSR count). The van der Waals surface area contributed by atoms with Crippen LogP contribution in [0.4, 0.5) is 0 Å². The molecule has 2 aromatic rings. The lowest BCUT2D eigenvalue weighted by Gasteiger charge is -2.24. The molecule has 36 heavy (non-hydrogen) atoms. The van der Waals surface area contributed by atoms with Gasteiger partial charge >= 0.3 is 0 Å². The number of methoxy groups -OCH3 is 1. The maximum atomic E-state index is 9.29. The van der Waals surface area contributed by atoms with Crippen LogP contribution in [0.15, 0.2) is 53.5 Å². The van der Waals surface area contributed by atoms with Gasteiger partial charge in [-0.1, -0.05) is 55.4 Å². The van der Waals surface area contributed by atoms with Gasteiger partial charge in [0.1, 0.15) is 0 Å². The van der Waals surface area contributed by atoms with Gasteiger partial charge in [-0.25, -0.2) is 0 Å². The molecule has 0 aliphatic heterocycles. The first kappa shape index (κ1) is 25.5. The number of benzene rings is 2. The predicted octanol–water partition coefficient (Wildman–Crippen LogP) is 5.50. The molecule has 1 unspecified atom stereocenters. The van der Waals surface area contributed by atoms with Crippen LogP contribution in [0.1, 0.15) is 74.8 Å². The molecule has 6 heteroatoms. The van der Waals surface area contributed by atoms with E-state index >= 15 is 0 Å². The number of nitrogens with zero attached hydrogens (tertiary/aromatic N) is 2. The van der Waals surface area contributed by atoms with Crippen LogP contribution in [0.3, 0.4) is 0 Å². The Morgan fingerprint density at radius 2 is 1.75 bits per heavy atom. The fourth-order valence-electron chi connectivity index (χ4n) is 4.91. The Balaban J connectivity index is 1.60. The Labute approximate surface area is 215 Å². The monoisotopic (exact) mass is 484 g/mol. The van der Waals surface area contributed by atoms with Crippen LogP contribution in [0.5, 0.6) is 11.5 Å². The number of ether oxygens (including phenoxy) is 2. The van der Waals surface area contributed by atoms with Gasteiger partial charge in [-0.05, 0) is 68.4 Å². The molecule has 6 nitrogen and oxygen atoms in total. The predicted molar refractivity (Wildman–Crippen MR) is 143 cm³/mol. The highest BCUT2D eigenvalue weighted by atomic mass is 16.5. The van der Waals surface area contributed by atoms with Gasteiger partial charge in [-0.2, -0.15) is 5.26 Å². The fraction of sp³-hybridized carbons (Fsp3) is 0.467. The van der Waals surface area contributed by atoms with E-state index in [1.54, 1.807) is 7.11 Å². The molecule has 0 bridgehead atoms. The lowest BCUT2D eigenvalue weighted by molar-refractivity contribution is 0.200. The molecule has 0 saturated heterocycles. The fourth-order valence-corrected chi connectivity index (χ4v) is 4.91. The van der Waals surface area contributed by atoms with Crippen molar-refractivity contribution >= 4 is 5.96 Å². The molecule has 2 aliphatic carbocycles. The minimum absolute atomic E-state index is 0.175. The van der Waals surface area contributed by atoms with Crippen molar-refractivity contribution in [2.75, 3.05) is 13.7 Å².